The summed E-state index contributed by atoms with van der Waals surface area (Å²) in [5, 5.41) is 3.13. The van der Waals surface area contributed by atoms with Crippen molar-refractivity contribution in [3.8, 4) is 0 Å². The quantitative estimate of drug-likeness (QED) is 0.784. The van der Waals surface area contributed by atoms with Gasteiger partial charge in [0.1, 0.15) is 0 Å². The average Bonchev–Trinajstić information content (AvgIpc) is 2.81. The summed E-state index contributed by atoms with van der Waals surface area (Å²) in [6, 6.07) is 8.95. The molecule has 1 aromatic carbocycles. The van der Waals surface area contributed by atoms with Crippen molar-refractivity contribution in [3.63, 3.8) is 0 Å². The molecule has 0 aliphatic heterocycles. The number of benzene rings is 1. The Morgan fingerprint density at radius 3 is 2.45 bits per heavy atom. The lowest BCUT2D eigenvalue weighted by Crippen LogP contribution is -2.24. The molecule has 1 atom stereocenters. The van der Waals surface area contributed by atoms with Crippen molar-refractivity contribution in [2.24, 2.45) is 0 Å². The largest absolute Gasteiger partial charge is 0.416 e. The summed E-state index contributed by atoms with van der Waals surface area (Å²) in [4.78, 5) is 0.857. The molecule has 108 valence electrons. The average molecular weight is 364 g/mol. The Hall–Kier alpha value is -0.850. The van der Waals surface area contributed by atoms with E-state index in [1.807, 2.05) is 19.1 Å². The third kappa shape index (κ3) is 3.42. The second-order valence-corrected chi connectivity index (χ2v) is 6.71. The molecule has 1 heterocycles. The van der Waals surface area contributed by atoms with Gasteiger partial charge in [-0.1, -0.05) is 25.1 Å². The first-order chi connectivity index (χ1) is 9.43. The fourth-order valence-electron chi connectivity index (χ4n) is 2.06. The number of rotatable bonds is 4. The summed E-state index contributed by atoms with van der Waals surface area (Å²) in [6.45, 7) is 2.47. The number of halogens is 4. The smallest absolute Gasteiger partial charge is 0.306 e. The Bertz CT molecular complexity index is 580. The first kappa shape index (κ1) is 15.5. The third-order valence-electron chi connectivity index (χ3n) is 2.86. The fourth-order valence-corrected chi connectivity index (χ4v) is 3.58. The van der Waals surface area contributed by atoms with E-state index in [4.69, 9.17) is 0 Å². The van der Waals surface area contributed by atoms with Gasteiger partial charge < -0.3 is 5.32 Å². The maximum absolute atomic E-state index is 13.1. The molecule has 0 amide bonds. The van der Waals surface area contributed by atoms with Crippen LogP contribution in [0, 0.1) is 0 Å². The van der Waals surface area contributed by atoms with Gasteiger partial charge in [-0.05, 0) is 46.2 Å². The molecule has 0 aliphatic rings. The number of hydrogen-bond acceptors (Lipinski definition) is 2. The van der Waals surface area contributed by atoms with Gasteiger partial charge in [-0.25, -0.2) is 0 Å². The van der Waals surface area contributed by atoms with Crippen LogP contribution in [-0.4, -0.2) is 6.54 Å². The molecule has 1 aromatic heterocycles. The van der Waals surface area contributed by atoms with Crippen molar-refractivity contribution in [2.75, 3.05) is 6.54 Å². The fraction of sp³-hybridized carbons (Fsp3) is 0.286. The number of alkyl halides is 3. The SMILES string of the molecule is CCNC(c1ccc(Br)s1)c1ccccc1C(F)(F)F. The van der Waals surface area contributed by atoms with Crippen LogP contribution in [0.3, 0.4) is 0 Å². The molecule has 0 fully saturated rings. The van der Waals surface area contributed by atoms with Crippen LogP contribution in [-0.2, 0) is 6.18 Å². The highest BCUT2D eigenvalue weighted by molar-refractivity contribution is 9.11. The highest BCUT2D eigenvalue weighted by Gasteiger charge is 2.35. The highest BCUT2D eigenvalue weighted by atomic mass is 79.9. The Labute approximate surface area is 128 Å². The molecule has 0 bridgehead atoms. The van der Waals surface area contributed by atoms with E-state index in [1.54, 1.807) is 6.07 Å². The maximum atomic E-state index is 13.1. The summed E-state index contributed by atoms with van der Waals surface area (Å²) in [6.07, 6.45) is -4.35. The first-order valence-corrected chi connectivity index (χ1v) is 7.69. The van der Waals surface area contributed by atoms with E-state index in [0.717, 1.165) is 14.7 Å². The van der Waals surface area contributed by atoms with Crippen LogP contribution < -0.4 is 5.32 Å². The molecule has 0 spiro atoms. The van der Waals surface area contributed by atoms with Crippen LogP contribution in [0.25, 0.3) is 0 Å². The summed E-state index contributed by atoms with van der Waals surface area (Å²) in [5.74, 6) is 0. The van der Waals surface area contributed by atoms with Crippen molar-refractivity contribution < 1.29 is 13.2 Å². The molecule has 1 unspecified atom stereocenters. The van der Waals surface area contributed by atoms with E-state index in [0.29, 0.717) is 6.54 Å². The van der Waals surface area contributed by atoms with Crippen LogP contribution in [0.4, 0.5) is 13.2 Å². The molecule has 0 saturated carbocycles. The van der Waals surface area contributed by atoms with Crippen LogP contribution in [0.15, 0.2) is 40.2 Å². The highest BCUT2D eigenvalue weighted by Crippen LogP contribution is 2.38. The van der Waals surface area contributed by atoms with Gasteiger partial charge in [0.25, 0.3) is 0 Å². The van der Waals surface area contributed by atoms with Gasteiger partial charge in [-0.2, -0.15) is 13.2 Å². The van der Waals surface area contributed by atoms with E-state index >= 15 is 0 Å². The molecule has 0 radical (unpaired) electrons. The van der Waals surface area contributed by atoms with E-state index in [-0.39, 0.29) is 5.56 Å². The molecule has 6 heteroatoms. The van der Waals surface area contributed by atoms with Gasteiger partial charge in [-0.3, -0.25) is 0 Å². The second kappa shape index (κ2) is 6.28. The van der Waals surface area contributed by atoms with Crippen molar-refractivity contribution in [1.29, 1.82) is 0 Å². The minimum absolute atomic E-state index is 0.260. The van der Waals surface area contributed by atoms with Gasteiger partial charge in [0, 0.05) is 4.88 Å². The minimum atomic E-state index is -4.35. The van der Waals surface area contributed by atoms with Crippen molar-refractivity contribution >= 4 is 27.3 Å². The molecule has 1 nitrogen and oxygen atoms in total. The van der Waals surface area contributed by atoms with Crippen molar-refractivity contribution in [1.82, 2.24) is 5.32 Å². The predicted octanol–water partition coefficient (Wildman–Crippen LogP) is 5.23. The topological polar surface area (TPSA) is 12.0 Å². The summed E-state index contributed by atoms with van der Waals surface area (Å²) in [5.41, 5.74) is -0.327. The van der Waals surface area contributed by atoms with Crippen molar-refractivity contribution in [2.45, 2.75) is 19.1 Å². The summed E-state index contributed by atoms with van der Waals surface area (Å²) < 4.78 is 40.3. The summed E-state index contributed by atoms with van der Waals surface area (Å²) >= 11 is 4.79. The molecule has 0 saturated heterocycles. The van der Waals surface area contributed by atoms with Crippen LogP contribution in [0.5, 0.6) is 0 Å². The van der Waals surface area contributed by atoms with E-state index < -0.39 is 17.8 Å². The molecule has 2 rings (SSSR count). The lowest BCUT2D eigenvalue weighted by Gasteiger charge is -2.21. The Morgan fingerprint density at radius 1 is 1.20 bits per heavy atom. The summed E-state index contributed by atoms with van der Waals surface area (Å²) in [7, 11) is 0. The number of hydrogen-bond donors (Lipinski definition) is 1. The standard InChI is InChI=1S/C14H13BrF3NS/c1-2-19-13(11-7-8-12(15)20-11)9-5-3-4-6-10(9)14(16,17)18/h3-8,13,19H,2H2,1H3. The zero-order valence-electron chi connectivity index (χ0n) is 10.7. The van der Waals surface area contributed by atoms with Crippen LogP contribution in [0.1, 0.15) is 29.0 Å². The van der Waals surface area contributed by atoms with Gasteiger partial charge in [0.15, 0.2) is 0 Å². The van der Waals surface area contributed by atoms with E-state index in [9.17, 15) is 13.2 Å². The van der Waals surface area contributed by atoms with Gasteiger partial charge >= 0.3 is 6.18 Å². The van der Waals surface area contributed by atoms with Gasteiger partial charge in [-0.15, -0.1) is 11.3 Å². The minimum Gasteiger partial charge on any atom is -0.306 e. The monoisotopic (exact) mass is 363 g/mol. The number of thiophene rings is 1. The van der Waals surface area contributed by atoms with Gasteiger partial charge in [0.05, 0.1) is 15.4 Å². The van der Waals surface area contributed by atoms with E-state index in [1.165, 1.54) is 23.5 Å². The molecule has 20 heavy (non-hydrogen) atoms. The molecular formula is C14H13BrF3NS. The lowest BCUT2D eigenvalue weighted by molar-refractivity contribution is -0.138. The zero-order chi connectivity index (χ0) is 14.8. The van der Waals surface area contributed by atoms with Crippen LogP contribution in [0.2, 0.25) is 0 Å². The lowest BCUT2D eigenvalue weighted by atomic mass is 9.98. The first-order valence-electron chi connectivity index (χ1n) is 6.08. The Morgan fingerprint density at radius 2 is 1.90 bits per heavy atom. The van der Waals surface area contributed by atoms with Crippen molar-refractivity contribution in [3.05, 3.63) is 56.2 Å². The predicted molar refractivity (Wildman–Crippen MR) is 79.0 cm³/mol. The van der Waals surface area contributed by atoms with Gasteiger partial charge in [0.2, 0.25) is 0 Å². The molecule has 1 N–H and O–H groups in total. The third-order valence-corrected chi connectivity index (χ3v) is 4.55. The second-order valence-electron chi connectivity index (χ2n) is 4.22. The Balaban J connectivity index is 2.50. The van der Waals surface area contributed by atoms with E-state index in [2.05, 4.69) is 21.2 Å². The van der Waals surface area contributed by atoms with Crippen LogP contribution >= 0.6 is 27.3 Å². The molecule has 2 aromatic rings. The zero-order valence-corrected chi connectivity index (χ0v) is 13.1. The molecular weight excluding hydrogens is 351 g/mol. The molecule has 0 aliphatic carbocycles. The normalized spacial score (nSPS) is 13.4. The Kier molecular flexibility index (Phi) is 4.88. The number of nitrogens with one attached hydrogen (secondary N) is 1. The maximum Gasteiger partial charge on any atom is 0.416 e.